The number of benzene rings is 1. The number of nitrogens with zero attached hydrogens (tertiary/aromatic N) is 1. The summed E-state index contributed by atoms with van der Waals surface area (Å²) in [6.07, 6.45) is 0. The molecule has 0 aromatic heterocycles. The van der Waals surface area contributed by atoms with Gasteiger partial charge in [-0.05, 0) is 38.5 Å². The number of fused-ring (bicyclic) bond motifs is 1. The maximum absolute atomic E-state index is 11.8. The van der Waals surface area contributed by atoms with Crippen molar-refractivity contribution in [1.82, 2.24) is 0 Å². The summed E-state index contributed by atoms with van der Waals surface area (Å²) in [5.41, 5.74) is 0.948. The lowest BCUT2D eigenvalue weighted by Gasteiger charge is -2.30. The van der Waals surface area contributed by atoms with E-state index in [9.17, 15) is 9.90 Å². The number of hydrogen-bond acceptors (Lipinski definition) is 3. The fraction of sp³-hybridized carbons (Fsp3) is 0.462. The van der Waals surface area contributed by atoms with E-state index in [4.69, 9.17) is 0 Å². The third-order valence-electron chi connectivity index (χ3n) is 3.01. The van der Waals surface area contributed by atoms with Gasteiger partial charge in [0.15, 0.2) is 0 Å². The summed E-state index contributed by atoms with van der Waals surface area (Å²) in [5, 5.41) is 9.92. The van der Waals surface area contributed by atoms with Crippen LogP contribution in [0.2, 0.25) is 0 Å². The number of anilines is 1. The van der Waals surface area contributed by atoms with Crippen LogP contribution < -0.4 is 4.90 Å². The number of rotatable bonds is 1. The van der Waals surface area contributed by atoms with Gasteiger partial charge in [0.1, 0.15) is 0 Å². The minimum absolute atomic E-state index is 0.0652. The summed E-state index contributed by atoms with van der Waals surface area (Å²) in [4.78, 5) is 14.6. The van der Waals surface area contributed by atoms with E-state index in [1.54, 1.807) is 37.6 Å². The predicted molar refractivity (Wildman–Crippen MR) is 70.4 cm³/mol. The van der Waals surface area contributed by atoms with Crippen LogP contribution in [0.3, 0.4) is 0 Å². The first-order chi connectivity index (χ1) is 7.80. The lowest BCUT2D eigenvalue weighted by molar-refractivity contribution is -0.117. The van der Waals surface area contributed by atoms with Crippen molar-refractivity contribution >= 4 is 23.4 Å². The average Bonchev–Trinajstić information content (AvgIpc) is 2.24. The van der Waals surface area contributed by atoms with Crippen molar-refractivity contribution < 1.29 is 9.90 Å². The third-order valence-corrected chi connectivity index (χ3v) is 4.15. The Hall–Kier alpha value is -1.00. The van der Waals surface area contributed by atoms with Crippen molar-refractivity contribution in [3.8, 4) is 0 Å². The molecule has 1 heterocycles. The van der Waals surface area contributed by atoms with Crippen LogP contribution in [-0.2, 0) is 10.4 Å². The number of thioether (sulfide) groups is 1. The maximum Gasteiger partial charge on any atom is 0.239 e. The van der Waals surface area contributed by atoms with Crippen molar-refractivity contribution in [2.45, 2.75) is 36.5 Å². The van der Waals surface area contributed by atoms with Crippen LogP contribution in [0, 0.1) is 0 Å². The second-order valence-corrected chi connectivity index (χ2v) is 6.28. The first kappa shape index (κ1) is 12.5. The number of carbonyl (C=O) groups is 1. The zero-order chi connectivity index (χ0) is 12.8. The molecule has 1 aromatic rings. The third kappa shape index (κ3) is 2.19. The summed E-state index contributed by atoms with van der Waals surface area (Å²) >= 11 is 1.55. The van der Waals surface area contributed by atoms with E-state index in [2.05, 4.69) is 0 Å². The van der Waals surface area contributed by atoms with Gasteiger partial charge in [0.25, 0.3) is 0 Å². The zero-order valence-electron chi connectivity index (χ0n) is 10.5. The molecule has 17 heavy (non-hydrogen) atoms. The summed E-state index contributed by atoms with van der Waals surface area (Å²) in [6.45, 7) is 5.43. The largest absolute Gasteiger partial charge is 0.386 e. The van der Waals surface area contributed by atoms with Gasteiger partial charge in [0, 0.05) is 11.9 Å². The SMILES string of the molecule is CC1Sc2cc(C(C)(C)O)ccc2N(C)C1=O. The lowest BCUT2D eigenvalue weighted by Crippen LogP contribution is -2.36. The minimum Gasteiger partial charge on any atom is -0.386 e. The second-order valence-electron chi connectivity index (χ2n) is 4.90. The van der Waals surface area contributed by atoms with Gasteiger partial charge in [0.05, 0.1) is 16.5 Å². The first-order valence-electron chi connectivity index (χ1n) is 5.62. The Bertz CT molecular complexity index is 465. The quantitative estimate of drug-likeness (QED) is 0.833. The number of hydrogen-bond donors (Lipinski definition) is 1. The highest BCUT2D eigenvalue weighted by molar-refractivity contribution is 8.00. The standard InChI is InChI=1S/C13H17NO2S/c1-8-12(15)14(4)10-6-5-9(13(2,3)16)7-11(10)17-8/h5-8,16H,1-4H3. The Morgan fingerprint density at radius 2 is 2.06 bits per heavy atom. The molecule has 1 unspecified atom stereocenters. The van der Waals surface area contributed by atoms with Gasteiger partial charge >= 0.3 is 0 Å². The smallest absolute Gasteiger partial charge is 0.239 e. The van der Waals surface area contributed by atoms with Gasteiger partial charge in [-0.1, -0.05) is 6.07 Å². The van der Waals surface area contributed by atoms with Crippen LogP contribution in [0.4, 0.5) is 5.69 Å². The van der Waals surface area contributed by atoms with Crippen LogP contribution in [0.15, 0.2) is 23.1 Å². The van der Waals surface area contributed by atoms with Crippen LogP contribution in [0.5, 0.6) is 0 Å². The molecular formula is C13H17NO2S. The molecule has 0 bridgehead atoms. The highest BCUT2D eigenvalue weighted by atomic mass is 32.2. The van der Waals surface area contributed by atoms with Crippen molar-refractivity contribution in [1.29, 1.82) is 0 Å². The lowest BCUT2D eigenvalue weighted by atomic mass is 9.98. The van der Waals surface area contributed by atoms with Crippen LogP contribution >= 0.6 is 11.8 Å². The van der Waals surface area contributed by atoms with E-state index in [-0.39, 0.29) is 11.2 Å². The normalized spacial score (nSPS) is 20.4. The van der Waals surface area contributed by atoms with E-state index in [0.29, 0.717) is 0 Å². The topological polar surface area (TPSA) is 40.5 Å². The van der Waals surface area contributed by atoms with E-state index < -0.39 is 5.60 Å². The fourth-order valence-corrected chi connectivity index (χ4v) is 3.06. The molecule has 2 rings (SSSR count). The molecule has 0 spiro atoms. The molecule has 1 N–H and O–H groups in total. The van der Waals surface area contributed by atoms with Crippen LogP contribution in [0.25, 0.3) is 0 Å². The first-order valence-corrected chi connectivity index (χ1v) is 6.50. The average molecular weight is 251 g/mol. The summed E-state index contributed by atoms with van der Waals surface area (Å²) in [7, 11) is 1.79. The Kier molecular flexibility index (Phi) is 2.96. The van der Waals surface area contributed by atoms with E-state index in [0.717, 1.165) is 16.1 Å². The summed E-state index contributed by atoms with van der Waals surface area (Å²) < 4.78 is 0. The monoisotopic (exact) mass is 251 g/mol. The molecule has 4 heteroatoms. The van der Waals surface area contributed by atoms with Gasteiger partial charge in [-0.2, -0.15) is 0 Å². The van der Waals surface area contributed by atoms with Crippen LogP contribution in [0.1, 0.15) is 26.3 Å². The fourth-order valence-electron chi connectivity index (χ4n) is 1.90. The number of amides is 1. The Morgan fingerprint density at radius 1 is 1.41 bits per heavy atom. The predicted octanol–water partition coefficient (Wildman–Crippen LogP) is 2.37. The molecule has 1 aromatic carbocycles. The molecule has 0 saturated carbocycles. The summed E-state index contributed by atoms with van der Waals surface area (Å²) in [6, 6.07) is 5.75. The van der Waals surface area contributed by atoms with E-state index >= 15 is 0 Å². The zero-order valence-corrected chi connectivity index (χ0v) is 11.3. The highest BCUT2D eigenvalue weighted by Gasteiger charge is 2.29. The van der Waals surface area contributed by atoms with E-state index in [1.165, 1.54) is 0 Å². The van der Waals surface area contributed by atoms with Crippen molar-refractivity contribution in [2.24, 2.45) is 0 Å². The second kappa shape index (κ2) is 4.03. The Labute approximate surface area is 106 Å². The molecule has 1 aliphatic heterocycles. The molecule has 1 atom stereocenters. The molecule has 0 saturated heterocycles. The maximum atomic E-state index is 11.8. The molecule has 0 radical (unpaired) electrons. The molecule has 92 valence electrons. The van der Waals surface area contributed by atoms with Crippen molar-refractivity contribution in [3.05, 3.63) is 23.8 Å². The van der Waals surface area contributed by atoms with Crippen molar-refractivity contribution in [2.75, 3.05) is 11.9 Å². The Balaban J connectivity index is 2.48. The van der Waals surface area contributed by atoms with E-state index in [1.807, 2.05) is 25.1 Å². The highest BCUT2D eigenvalue weighted by Crippen LogP contribution is 2.40. The number of carbonyl (C=O) groups excluding carboxylic acids is 1. The van der Waals surface area contributed by atoms with Crippen LogP contribution in [-0.4, -0.2) is 23.3 Å². The van der Waals surface area contributed by atoms with Gasteiger partial charge in [0.2, 0.25) is 5.91 Å². The summed E-state index contributed by atoms with van der Waals surface area (Å²) in [5.74, 6) is 0.124. The van der Waals surface area contributed by atoms with Gasteiger partial charge in [-0.15, -0.1) is 11.8 Å². The van der Waals surface area contributed by atoms with Gasteiger partial charge in [-0.3, -0.25) is 4.79 Å². The molecule has 3 nitrogen and oxygen atoms in total. The van der Waals surface area contributed by atoms with Gasteiger partial charge in [-0.25, -0.2) is 0 Å². The minimum atomic E-state index is -0.848. The van der Waals surface area contributed by atoms with Gasteiger partial charge < -0.3 is 10.0 Å². The molecule has 0 fully saturated rings. The van der Waals surface area contributed by atoms with Crippen molar-refractivity contribution in [3.63, 3.8) is 0 Å². The molecule has 1 aliphatic rings. The number of aliphatic hydroxyl groups is 1. The molecular weight excluding hydrogens is 234 g/mol. The molecule has 1 amide bonds. The molecule has 0 aliphatic carbocycles. The Morgan fingerprint density at radius 3 is 2.65 bits per heavy atom.